The number of thiazole rings is 1. The maximum absolute atomic E-state index is 12.0. The summed E-state index contributed by atoms with van der Waals surface area (Å²) in [6.07, 6.45) is -5.24. The molecule has 18 heavy (non-hydrogen) atoms. The first-order valence-corrected chi connectivity index (χ1v) is 6.53. The van der Waals surface area contributed by atoms with Crippen molar-refractivity contribution in [3.8, 4) is 0 Å². The lowest BCUT2D eigenvalue weighted by molar-refractivity contribution is -0.143. The molecule has 1 aromatic rings. The van der Waals surface area contributed by atoms with Gasteiger partial charge in [0.05, 0.1) is 24.4 Å². The number of aromatic nitrogens is 1. The average Bonchev–Trinajstić information content (AvgIpc) is 2.72. The highest BCUT2D eigenvalue weighted by molar-refractivity contribution is 7.09. The zero-order valence-electron chi connectivity index (χ0n) is 9.63. The smallest absolute Gasteiger partial charge is 0.345 e. The monoisotopic (exact) mass is 300 g/mol. The molecule has 8 heteroatoms. The molecule has 0 N–H and O–H groups in total. The molecule has 102 valence electrons. The second-order valence-corrected chi connectivity index (χ2v) is 4.93. The Morgan fingerprint density at radius 3 is 2.72 bits per heavy atom. The number of carbonyl (C=O) groups excluding carboxylic acids is 1. The number of hydrogen-bond donors (Lipinski definition) is 0. The van der Waals surface area contributed by atoms with E-state index in [0.29, 0.717) is 10.7 Å². The highest BCUT2D eigenvalue weighted by Gasteiger charge is 2.28. The lowest BCUT2D eigenvalue weighted by atomic mass is 10.3. The molecule has 0 aliphatic heterocycles. The highest BCUT2D eigenvalue weighted by atomic mass is 35.5. The molecule has 0 aliphatic carbocycles. The van der Waals surface area contributed by atoms with Gasteiger partial charge in [-0.3, -0.25) is 4.79 Å². The normalized spacial score (nSPS) is 11.6. The third-order valence-electron chi connectivity index (χ3n) is 2.20. The van der Waals surface area contributed by atoms with Gasteiger partial charge in [-0.15, -0.1) is 22.9 Å². The molecule has 0 aromatic carbocycles. The molecule has 1 heterocycles. The maximum Gasteiger partial charge on any atom is 0.390 e. The van der Waals surface area contributed by atoms with E-state index in [1.165, 1.54) is 18.4 Å². The van der Waals surface area contributed by atoms with Gasteiger partial charge < -0.3 is 4.90 Å². The van der Waals surface area contributed by atoms with E-state index in [1.807, 2.05) is 0 Å². The van der Waals surface area contributed by atoms with Gasteiger partial charge in [0, 0.05) is 19.0 Å². The van der Waals surface area contributed by atoms with Gasteiger partial charge in [0.25, 0.3) is 0 Å². The van der Waals surface area contributed by atoms with E-state index in [1.54, 1.807) is 5.38 Å². The Kier molecular flexibility index (Phi) is 5.40. The fourth-order valence-electron chi connectivity index (χ4n) is 1.17. The van der Waals surface area contributed by atoms with Crippen LogP contribution in [-0.4, -0.2) is 35.6 Å². The van der Waals surface area contributed by atoms with Crippen LogP contribution in [0.1, 0.15) is 17.1 Å². The van der Waals surface area contributed by atoms with Gasteiger partial charge in [0.15, 0.2) is 0 Å². The first kappa shape index (κ1) is 15.2. The number of likely N-dealkylation sites (N-methyl/N-ethyl adjacent to an activating group) is 1. The number of carbonyl (C=O) groups is 1. The van der Waals surface area contributed by atoms with Crippen molar-refractivity contribution in [2.24, 2.45) is 0 Å². The van der Waals surface area contributed by atoms with Crippen LogP contribution in [0, 0.1) is 0 Å². The third kappa shape index (κ3) is 5.22. The predicted octanol–water partition coefficient (Wildman–Crippen LogP) is 2.84. The number of halogens is 4. The summed E-state index contributed by atoms with van der Waals surface area (Å²) in [5, 5.41) is 2.29. The summed E-state index contributed by atoms with van der Waals surface area (Å²) in [6, 6.07) is 0. The van der Waals surface area contributed by atoms with Gasteiger partial charge in [-0.1, -0.05) is 0 Å². The lowest BCUT2D eigenvalue weighted by Gasteiger charge is -2.17. The van der Waals surface area contributed by atoms with Gasteiger partial charge in [-0.05, 0) is 0 Å². The van der Waals surface area contributed by atoms with Crippen LogP contribution in [0.5, 0.6) is 0 Å². The largest absolute Gasteiger partial charge is 0.390 e. The van der Waals surface area contributed by atoms with E-state index in [-0.39, 0.29) is 24.8 Å². The minimum absolute atomic E-state index is 0.00983. The van der Waals surface area contributed by atoms with E-state index >= 15 is 0 Å². The van der Waals surface area contributed by atoms with Crippen molar-refractivity contribution in [3.05, 3.63) is 16.1 Å². The number of amides is 1. The average molecular weight is 301 g/mol. The number of hydrogen-bond acceptors (Lipinski definition) is 3. The Balaban J connectivity index is 2.44. The molecule has 0 bridgehead atoms. The molecule has 0 unspecified atom stereocenters. The van der Waals surface area contributed by atoms with E-state index in [4.69, 9.17) is 11.6 Å². The standard InChI is InChI=1S/C10H12ClF3N2OS/c1-16(3-2-10(12,13)14)9(17)4-8-15-7(5-11)6-18-8/h6H,2-5H2,1H3. The van der Waals surface area contributed by atoms with Crippen LogP contribution in [0.4, 0.5) is 13.2 Å². The Bertz CT molecular complexity index is 408. The van der Waals surface area contributed by atoms with Gasteiger partial charge in [0.2, 0.25) is 5.91 Å². The van der Waals surface area contributed by atoms with E-state index < -0.39 is 12.6 Å². The zero-order valence-corrected chi connectivity index (χ0v) is 11.2. The summed E-state index contributed by atoms with van der Waals surface area (Å²) in [7, 11) is 1.35. The second kappa shape index (κ2) is 6.38. The first-order valence-electron chi connectivity index (χ1n) is 5.12. The zero-order chi connectivity index (χ0) is 13.8. The summed E-state index contributed by atoms with van der Waals surface area (Å²) in [5.74, 6) is -0.121. The molecule has 0 saturated heterocycles. The van der Waals surface area contributed by atoms with Gasteiger partial charge in [-0.25, -0.2) is 4.98 Å². The van der Waals surface area contributed by atoms with Crippen molar-refractivity contribution in [1.82, 2.24) is 9.88 Å². The highest BCUT2D eigenvalue weighted by Crippen LogP contribution is 2.20. The van der Waals surface area contributed by atoms with Gasteiger partial charge in [0.1, 0.15) is 5.01 Å². The summed E-state index contributed by atoms with van der Waals surface area (Å²) in [4.78, 5) is 16.8. The fraction of sp³-hybridized carbons (Fsp3) is 0.600. The molecule has 0 spiro atoms. The molecular formula is C10H12ClF3N2OS. The van der Waals surface area contributed by atoms with Crippen molar-refractivity contribution in [3.63, 3.8) is 0 Å². The Morgan fingerprint density at radius 1 is 1.56 bits per heavy atom. The van der Waals surface area contributed by atoms with Crippen LogP contribution in [0.2, 0.25) is 0 Å². The maximum atomic E-state index is 12.0. The van der Waals surface area contributed by atoms with Crippen LogP contribution in [-0.2, 0) is 17.1 Å². The van der Waals surface area contributed by atoms with Crippen LogP contribution < -0.4 is 0 Å². The van der Waals surface area contributed by atoms with Crippen molar-refractivity contribution in [2.75, 3.05) is 13.6 Å². The summed E-state index contributed by atoms with van der Waals surface area (Å²) < 4.78 is 36.0. The molecule has 1 rings (SSSR count). The van der Waals surface area contributed by atoms with Crippen molar-refractivity contribution >= 4 is 28.8 Å². The number of nitrogens with zero attached hydrogens (tertiary/aromatic N) is 2. The Morgan fingerprint density at radius 2 is 2.22 bits per heavy atom. The van der Waals surface area contributed by atoms with E-state index in [2.05, 4.69) is 4.98 Å². The molecule has 3 nitrogen and oxygen atoms in total. The van der Waals surface area contributed by atoms with Crippen LogP contribution >= 0.6 is 22.9 Å². The topological polar surface area (TPSA) is 33.2 Å². The lowest BCUT2D eigenvalue weighted by Crippen LogP contribution is -2.31. The van der Waals surface area contributed by atoms with Crippen LogP contribution in [0.25, 0.3) is 0 Å². The van der Waals surface area contributed by atoms with Crippen molar-refractivity contribution in [2.45, 2.75) is 24.9 Å². The molecule has 0 atom stereocenters. The van der Waals surface area contributed by atoms with Gasteiger partial charge >= 0.3 is 6.18 Å². The van der Waals surface area contributed by atoms with Crippen LogP contribution in [0.15, 0.2) is 5.38 Å². The molecule has 1 aromatic heterocycles. The Hall–Kier alpha value is -0.820. The second-order valence-electron chi connectivity index (χ2n) is 3.72. The third-order valence-corrected chi connectivity index (χ3v) is 3.37. The molecule has 0 fully saturated rings. The molecule has 1 amide bonds. The van der Waals surface area contributed by atoms with Crippen molar-refractivity contribution < 1.29 is 18.0 Å². The van der Waals surface area contributed by atoms with E-state index in [9.17, 15) is 18.0 Å². The van der Waals surface area contributed by atoms with Crippen molar-refractivity contribution in [1.29, 1.82) is 0 Å². The van der Waals surface area contributed by atoms with Crippen LogP contribution in [0.3, 0.4) is 0 Å². The van der Waals surface area contributed by atoms with Gasteiger partial charge in [-0.2, -0.15) is 13.2 Å². The predicted molar refractivity (Wildman–Crippen MR) is 63.7 cm³/mol. The minimum Gasteiger partial charge on any atom is -0.345 e. The SMILES string of the molecule is CN(CCC(F)(F)F)C(=O)Cc1nc(CCl)cs1. The summed E-state index contributed by atoms with van der Waals surface area (Å²) in [5.41, 5.74) is 0.669. The summed E-state index contributed by atoms with van der Waals surface area (Å²) >= 11 is 6.84. The quantitative estimate of drug-likeness (QED) is 0.784. The number of alkyl halides is 4. The summed E-state index contributed by atoms with van der Waals surface area (Å²) in [6.45, 7) is -0.337. The molecule has 0 radical (unpaired) electrons. The molecule has 0 aliphatic rings. The first-order chi connectivity index (χ1) is 8.31. The molecule has 0 saturated carbocycles. The Labute approximate surface area is 112 Å². The number of rotatable bonds is 5. The molecular weight excluding hydrogens is 289 g/mol. The minimum atomic E-state index is -4.25. The fourth-order valence-corrected chi connectivity index (χ4v) is 2.19. The van der Waals surface area contributed by atoms with E-state index in [0.717, 1.165) is 4.90 Å².